The molecule has 4 aromatic rings. The van der Waals surface area contributed by atoms with Gasteiger partial charge in [-0.3, -0.25) is 4.79 Å². The van der Waals surface area contributed by atoms with E-state index in [1.807, 2.05) is 30.3 Å². The molecule has 10 heteroatoms. The third-order valence-corrected chi connectivity index (χ3v) is 6.13. The second-order valence-electron chi connectivity index (χ2n) is 8.25. The van der Waals surface area contributed by atoms with E-state index < -0.39 is 11.5 Å². The smallest absolute Gasteiger partial charge is 0.331 e. The van der Waals surface area contributed by atoms with Gasteiger partial charge < -0.3 is 10.0 Å². The summed E-state index contributed by atoms with van der Waals surface area (Å²) < 4.78 is 18.9. The van der Waals surface area contributed by atoms with Crippen LogP contribution in [0, 0.1) is 5.82 Å². The van der Waals surface area contributed by atoms with E-state index in [1.165, 1.54) is 36.9 Å². The lowest BCUT2D eigenvalue weighted by molar-refractivity contribution is -0.146. The molecule has 0 fully saturated rings. The minimum atomic E-state index is -1.28. The lowest BCUT2D eigenvalue weighted by Crippen LogP contribution is -2.36. The van der Waals surface area contributed by atoms with E-state index in [4.69, 9.17) is 0 Å². The number of hydrogen-bond acceptors (Lipinski definition) is 6. The van der Waals surface area contributed by atoms with E-state index in [0.717, 1.165) is 17.1 Å². The highest BCUT2D eigenvalue weighted by atomic mass is 32.1. The molecule has 8 nitrogen and oxygen atoms in total. The maximum atomic E-state index is 13.5. The van der Waals surface area contributed by atoms with Crippen LogP contribution in [0.2, 0.25) is 0 Å². The van der Waals surface area contributed by atoms with Gasteiger partial charge in [0, 0.05) is 12.1 Å². The molecule has 0 aliphatic heterocycles. The second-order valence-corrected chi connectivity index (χ2v) is 9.05. The Balaban J connectivity index is 1.60. The largest absolute Gasteiger partial charge is 0.479 e. The summed E-state index contributed by atoms with van der Waals surface area (Å²) in [6.07, 6.45) is 1.54. The number of carboxylic acids is 1. The molecule has 2 aromatic heterocycles. The van der Waals surface area contributed by atoms with E-state index in [-0.39, 0.29) is 18.3 Å². The number of nitrogens with zero attached hydrogens (tertiary/aromatic N) is 5. The van der Waals surface area contributed by atoms with Gasteiger partial charge in [-0.15, -0.1) is 5.10 Å². The van der Waals surface area contributed by atoms with Crippen molar-refractivity contribution in [2.45, 2.75) is 32.5 Å². The van der Waals surface area contributed by atoms with Gasteiger partial charge in [-0.1, -0.05) is 35.5 Å². The quantitative estimate of drug-likeness (QED) is 0.406. The van der Waals surface area contributed by atoms with Crippen LogP contribution in [0.15, 0.2) is 66.9 Å². The number of rotatable bonds is 8. The fourth-order valence-electron chi connectivity index (χ4n) is 3.23. The molecule has 0 atom stereocenters. The summed E-state index contributed by atoms with van der Waals surface area (Å²) in [6, 6.07) is 17.1. The minimum absolute atomic E-state index is 0.132. The van der Waals surface area contributed by atoms with Crippen LogP contribution in [0.25, 0.3) is 11.3 Å². The van der Waals surface area contributed by atoms with Gasteiger partial charge >= 0.3 is 5.97 Å². The van der Waals surface area contributed by atoms with Crippen LogP contribution in [0.5, 0.6) is 0 Å². The third kappa shape index (κ3) is 5.01. The van der Waals surface area contributed by atoms with E-state index in [1.54, 1.807) is 23.1 Å². The normalized spacial score (nSPS) is 11.4. The number of hydrogen-bond donors (Lipinski definition) is 1. The summed E-state index contributed by atoms with van der Waals surface area (Å²) in [5.41, 5.74) is 1.41. The minimum Gasteiger partial charge on any atom is -0.479 e. The molecule has 0 unspecified atom stereocenters. The molecule has 34 heavy (non-hydrogen) atoms. The van der Waals surface area contributed by atoms with Crippen LogP contribution in [-0.2, 0) is 23.4 Å². The Morgan fingerprint density at radius 2 is 1.79 bits per heavy atom. The standard InChI is InChI=1S/C24H22FN5O3S/c1-24(2,23(32)33)30-15-19(26-28-30)14-29(13-16-6-4-3-5-7-16)22(31)21-12-20(27-34-21)17-8-10-18(25)11-9-17/h3-12,15H,13-14H2,1-2H3,(H,32,33). The summed E-state index contributed by atoms with van der Waals surface area (Å²) in [6.45, 7) is 3.50. The predicted molar refractivity (Wildman–Crippen MR) is 125 cm³/mol. The van der Waals surface area contributed by atoms with Gasteiger partial charge in [0.2, 0.25) is 0 Å². The first-order valence-electron chi connectivity index (χ1n) is 10.4. The molecule has 1 amide bonds. The summed E-state index contributed by atoms with van der Waals surface area (Å²) in [7, 11) is 0. The molecule has 0 spiro atoms. The number of benzene rings is 2. The van der Waals surface area contributed by atoms with Gasteiger partial charge in [0.25, 0.3) is 5.91 Å². The first kappa shape index (κ1) is 23.2. The number of carbonyl (C=O) groups excluding carboxylic acids is 1. The molecule has 2 heterocycles. The van der Waals surface area contributed by atoms with Crippen molar-refractivity contribution in [3.8, 4) is 11.3 Å². The molecular weight excluding hydrogens is 457 g/mol. The molecule has 1 N–H and O–H groups in total. The molecule has 0 radical (unpaired) electrons. The molecule has 0 saturated heterocycles. The Morgan fingerprint density at radius 1 is 1.09 bits per heavy atom. The predicted octanol–water partition coefficient (Wildman–Crippen LogP) is 4.20. The van der Waals surface area contributed by atoms with Crippen LogP contribution in [0.1, 0.15) is 34.8 Å². The van der Waals surface area contributed by atoms with Gasteiger partial charge in [-0.05, 0) is 61.3 Å². The van der Waals surface area contributed by atoms with Gasteiger partial charge in [0.15, 0.2) is 5.54 Å². The van der Waals surface area contributed by atoms with Crippen LogP contribution in [-0.4, -0.2) is 41.3 Å². The molecule has 174 valence electrons. The molecular formula is C24H22FN5O3S. The Bertz CT molecular complexity index is 1300. The van der Waals surface area contributed by atoms with E-state index >= 15 is 0 Å². The number of carboxylic acid groups (broad SMARTS) is 1. The number of amides is 1. The first-order chi connectivity index (χ1) is 16.2. The Morgan fingerprint density at radius 3 is 2.47 bits per heavy atom. The number of aromatic nitrogens is 4. The number of carbonyl (C=O) groups is 2. The molecule has 4 rings (SSSR count). The molecule has 0 bridgehead atoms. The zero-order valence-corrected chi connectivity index (χ0v) is 19.4. The first-order valence-corrected chi connectivity index (χ1v) is 11.2. The number of aliphatic carboxylic acids is 1. The van der Waals surface area contributed by atoms with E-state index in [9.17, 15) is 19.1 Å². The fraction of sp³-hybridized carbons (Fsp3) is 0.208. The van der Waals surface area contributed by atoms with Crippen molar-refractivity contribution in [3.05, 3.63) is 88.8 Å². The van der Waals surface area contributed by atoms with Gasteiger partial charge in [0.1, 0.15) is 16.4 Å². The lowest BCUT2D eigenvalue weighted by Gasteiger charge is -2.21. The third-order valence-electron chi connectivity index (χ3n) is 5.35. The van der Waals surface area contributed by atoms with Crippen molar-refractivity contribution >= 4 is 23.4 Å². The lowest BCUT2D eigenvalue weighted by atomic mass is 10.1. The van der Waals surface area contributed by atoms with Crippen molar-refractivity contribution in [2.24, 2.45) is 0 Å². The van der Waals surface area contributed by atoms with Crippen molar-refractivity contribution < 1.29 is 19.1 Å². The zero-order valence-electron chi connectivity index (χ0n) is 18.6. The van der Waals surface area contributed by atoms with E-state index in [2.05, 4.69) is 14.7 Å². The maximum absolute atomic E-state index is 13.5. The van der Waals surface area contributed by atoms with E-state index in [0.29, 0.717) is 28.4 Å². The highest BCUT2D eigenvalue weighted by Gasteiger charge is 2.31. The van der Waals surface area contributed by atoms with Crippen LogP contribution in [0.4, 0.5) is 4.39 Å². The summed E-state index contributed by atoms with van der Waals surface area (Å²) in [5.74, 6) is -1.63. The maximum Gasteiger partial charge on any atom is 0.331 e. The highest BCUT2D eigenvalue weighted by molar-refractivity contribution is 7.08. The van der Waals surface area contributed by atoms with Crippen molar-refractivity contribution in [3.63, 3.8) is 0 Å². The van der Waals surface area contributed by atoms with Crippen LogP contribution in [0.3, 0.4) is 0 Å². The molecule has 0 aliphatic rings. The summed E-state index contributed by atoms with van der Waals surface area (Å²) >= 11 is 1.07. The van der Waals surface area contributed by atoms with Crippen molar-refractivity contribution in [1.29, 1.82) is 0 Å². The van der Waals surface area contributed by atoms with Crippen LogP contribution >= 0.6 is 11.5 Å². The Labute approximate surface area is 199 Å². The summed E-state index contributed by atoms with van der Waals surface area (Å²) in [4.78, 5) is 27.0. The molecule has 0 aliphatic carbocycles. The zero-order chi connectivity index (χ0) is 24.3. The van der Waals surface area contributed by atoms with Crippen LogP contribution < -0.4 is 0 Å². The fourth-order valence-corrected chi connectivity index (χ4v) is 3.96. The monoisotopic (exact) mass is 479 g/mol. The molecule has 0 saturated carbocycles. The summed E-state index contributed by atoms with van der Waals surface area (Å²) in [5, 5.41) is 17.5. The van der Waals surface area contributed by atoms with Gasteiger partial charge in [0.05, 0.1) is 18.4 Å². The topological polar surface area (TPSA) is 101 Å². The second kappa shape index (κ2) is 9.52. The molecule has 2 aromatic carbocycles. The van der Waals surface area contributed by atoms with Crippen molar-refractivity contribution in [1.82, 2.24) is 24.3 Å². The average Bonchev–Trinajstić information content (AvgIpc) is 3.50. The number of halogens is 1. The highest BCUT2D eigenvalue weighted by Crippen LogP contribution is 2.24. The Kier molecular flexibility index (Phi) is 6.51. The van der Waals surface area contributed by atoms with Gasteiger partial charge in [-0.2, -0.15) is 4.37 Å². The van der Waals surface area contributed by atoms with Gasteiger partial charge in [-0.25, -0.2) is 13.9 Å². The van der Waals surface area contributed by atoms with Crippen molar-refractivity contribution in [2.75, 3.05) is 0 Å². The average molecular weight is 480 g/mol. The SMILES string of the molecule is CC(C)(C(=O)O)n1cc(CN(Cc2ccccc2)C(=O)c2cc(-c3ccc(F)cc3)ns2)nn1. The Hall–Kier alpha value is -3.92.